The Kier molecular flexibility index (Phi) is 3.95. The number of hydrogen-bond donors (Lipinski definition) is 2. The fraction of sp³-hybridized carbons (Fsp3) is 0.750. The normalized spacial score (nSPS) is 25.2. The van der Waals surface area contributed by atoms with Gasteiger partial charge in [0.15, 0.2) is 0 Å². The van der Waals surface area contributed by atoms with E-state index in [9.17, 15) is 5.11 Å². The van der Waals surface area contributed by atoms with Crippen LogP contribution in [0.5, 0.6) is 0 Å². The van der Waals surface area contributed by atoms with Crippen LogP contribution in [0.2, 0.25) is 0 Å². The molecule has 1 saturated carbocycles. The minimum Gasteiger partial charge on any atom is -0.393 e. The molecule has 1 aliphatic carbocycles. The van der Waals surface area contributed by atoms with Crippen molar-refractivity contribution in [3.63, 3.8) is 0 Å². The molecule has 1 aromatic rings. The van der Waals surface area contributed by atoms with Gasteiger partial charge in [-0.15, -0.1) is 11.3 Å². The minimum atomic E-state index is -0.0905. The molecule has 2 unspecified atom stereocenters. The largest absolute Gasteiger partial charge is 0.393 e. The highest BCUT2D eigenvalue weighted by atomic mass is 32.1. The first kappa shape index (κ1) is 12.0. The fourth-order valence-electron chi connectivity index (χ4n) is 2.23. The number of aliphatic hydroxyl groups excluding tert-OH is 1. The average molecular weight is 240 g/mol. The molecule has 0 bridgehead atoms. The molecule has 0 aliphatic heterocycles. The molecule has 0 radical (unpaired) electrons. The highest BCUT2D eigenvalue weighted by molar-refractivity contribution is 7.11. The monoisotopic (exact) mass is 240 g/mol. The maximum absolute atomic E-state index is 9.68. The minimum absolute atomic E-state index is 0.0905. The lowest BCUT2D eigenvalue weighted by atomic mass is 10.1. The van der Waals surface area contributed by atoms with Gasteiger partial charge in [0.25, 0.3) is 0 Å². The topological polar surface area (TPSA) is 45.2 Å². The van der Waals surface area contributed by atoms with E-state index >= 15 is 0 Å². The number of aromatic nitrogens is 1. The number of aryl methyl sites for hydroxylation is 2. The lowest BCUT2D eigenvalue weighted by Crippen LogP contribution is -2.27. The van der Waals surface area contributed by atoms with Crippen LogP contribution in [0, 0.1) is 19.8 Å². The molecule has 1 fully saturated rings. The highest BCUT2D eigenvalue weighted by Gasteiger charge is 2.24. The van der Waals surface area contributed by atoms with E-state index in [0.717, 1.165) is 36.6 Å². The van der Waals surface area contributed by atoms with Crippen molar-refractivity contribution in [2.24, 2.45) is 5.92 Å². The molecule has 4 heteroatoms. The van der Waals surface area contributed by atoms with E-state index in [1.165, 1.54) is 11.3 Å². The van der Waals surface area contributed by atoms with Crippen LogP contribution >= 0.6 is 11.3 Å². The Morgan fingerprint density at radius 3 is 2.81 bits per heavy atom. The molecule has 1 heterocycles. The zero-order valence-corrected chi connectivity index (χ0v) is 10.8. The molecular formula is C12H20N2OS. The van der Waals surface area contributed by atoms with Gasteiger partial charge in [-0.25, -0.2) is 4.98 Å². The summed E-state index contributed by atoms with van der Waals surface area (Å²) >= 11 is 1.76. The zero-order valence-electron chi connectivity index (χ0n) is 9.99. The van der Waals surface area contributed by atoms with Crippen molar-refractivity contribution in [2.45, 2.75) is 45.8 Å². The van der Waals surface area contributed by atoms with Gasteiger partial charge in [0.2, 0.25) is 0 Å². The van der Waals surface area contributed by atoms with Crippen LogP contribution in [-0.4, -0.2) is 22.7 Å². The van der Waals surface area contributed by atoms with Gasteiger partial charge < -0.3 is 10.4 Å². The molecular weight excluding hydrogens is 220 g/mol. The van der Waals surface area contributed by atoms with Crippen molar-refractivity contribution in [2.75, 3.05) is 6.54 Å². The molecule has 0 spiro atoms. The van der Waals surface area contributed by atoms with Gasteiger partial charge in [-0.2, -0.15) is 0 Å². The number of nitrogens with one attached hydrogen (secondary N) is 1. The molecule has 16 heavy (non-hydrogen) atoms. The lowest BCUT2D eigenvalue weighted by Gasteiger charge is -2.14. The van der Waals surface area contributed by atoms with Crippen LogP contribution in [0.25, 0.3) is 0 Å². The molecule has 2 N–H and O–H groups in total. The van der Waals surface area contributed by atoms with Crippen LogP contribution in [0.4, 0.5) is 0 Å². The SMILES string of the molecule is Cc1nc(CNCC2CCCC2O)sc1C. The number of nitrogens with zero attached hydrogens (tertiary/aromatic N) is 1. The quantitative estimate of drug-likeness (QED) is 0.846. The Bertz CT molecular complexity index is 331. The van der Waals surface area contributed by atoms with Crippen molar-refractivity contribution < 1.29 is 5.11 Å². The Morgan fingerprint density at radius 1 is 1.44 bits per heavy atom. The van der Waals surface area contributed by atoms with Gasteiger partial charge in [-0.05, 0) is 32.6 Å². The molecule has 90 valence electrons. The van der Waals surface area contributed by atoms with Crippen LogP contribution < -0.4 is 5.32 Å². The molecule has 1 aromatic heterocycles. The predicted octanol–water partition coefficient (Wildman–Crippen LogP) is 2.01. The Hall–Kier alpha value is -0.450. The lowest BCUT2D eigenvalue weighted by molar-refractivity contribution is 0.131. The third-order valence-corrected chi connectivity index (χ3v) is 4.45. The van der Waals surface area contributed by atoms with E-state index in [1.807, 2.05) is 0 Å². The first-order valence-electron chi connectivity index (χ1n) is 5.98. The summed E-state index contributed by atoms with van der Waals surface area (Å²) in [4.78, 5) is 5.79. The van der Waals surface area contributed by atoms with Crippen LogP contribution in [0.3, 0.4) is 0 Å². The third-order valence-electron chi connectivity index (χ3n) is 3.37. The summed E-state index contributed by atoms with van der Waals surface area (Å²) in [7, 11) is 0. The van der Waals surface area contributed by atoms with Crippen LogP contribution in [0.15, 0.2) is 0 Å². The maximum Gasteiger partial charge on any atom is 0.107 e. The molecule has 0 aromatic carbocycles. The Morgan fingerprint density at radius 2 is 2.25 bits per heavy atom. The summed E-state index contributed by atoms with van der Waals surface area (Å²) in [5.74, 6) is 0.446. The van der Waals surface area contributed by atoms with Crippen molar-refractivity contribution >= 4 is 11.3 Å². The summed E-state index contributed by atoms with van der Waals surface area (Å²) in [6, 6.07) is 0. The highest BCUT2D eigenvalue weighted by Crippen LogP contribution is 2.24. The molecule has 0 amide bonds. The van der Waals surface area contributed by atoms with Crippen molar-refractivity contribution in [1.29, 1.82) is 0 Å². The predicted molar refractivity (Wildman–Crippen MR) is 66.6 cm³/mol. The smallest absolute Gasteiger partial charge is 0.107 e. The third kappa shape index (κ3) is 2.81. The molecule has 0 saturated heterocycles. The number of thiazole rings is 1. The molecule has 2 atom stereocenters. The van der Waals surface area contributed by atoms with Gasteiger partial charge in [0, 0.05) is 18.0 Å². The number of rotatable bonds is 4. The molecule has 3 nitrogen and oxygen atoms in total. The van der Waals surface area contributed by atoms with Gasteiger partial charge in [-0.1, -0.05) is 6.42 Å². The van der Waals surface area contributed by atoms with E-state index in [-0.39, 0.29) is 6.10 Å². The van der Waals surface area contributed by atoms with Gasteiger partial charge in [-0.3, -0.25) is 0 Å². The second-order valence-corrected chi connectivity index (χ2v) is 5.93. The second-order valence-electron chi connectivity index (χ2n) is 4.64. The van der Waals surface area contributed by atoms with Crippen molar-refractivity contribution in [3.05, 3.63) is 15.6 Å². The standard InChI is InChI=1S/C12H20N2OS/c1-8-9(2)16-12(14-8)7-13-6-10-4-3-5-11(10)15/h10-11,13,15H,3-7H2,1-2H3. The average Bonchev–Trinajstić information content (AvgIpc) is 2.76. The zero-order chi connectivity index (χ0) is 11.5. The van der Waals surface area contributed by atoms with Crippen molar-refractivity contribution in [3.8, 4) is 0 Å². The summed E-state index contributed by atoms with van der Waals surface area (Å²) in [6.45, 7) is 5.91. The summed E-state index contributed by atoms with van der Waals surface area (Å²) in [5, 5.41) is 14.2. The van der Waals surface area contributed by atoms with Crippen molar-refractivity contribution in [1.82, 2.24) is 10.3 Å². The first-order chi connectivity index (χ1) is 7.66. The van der Waals surface area contributed by atoms with E-state index < -0.39 is 0 Å². The number of hydrogen-bond acceptors (Lipinski definition) is 4. The van der Waals surface area contributed by atoms with Crippen LogP contribution in [-0.2, 0) is 6.54 Å². The van der Waals surface area contributed by atoms with E-state index in [1.54, 1.807) is 11.3 Å². The van der Waals surface area contributed by atoms with Gasteiger partial charge in [0.1, 0.15) is 5.01 Å². The van der Waals surface area contributed by atoms with E-state index in [2.05, 4.69) is 24.1 Å². The van der Waals surface area contributed by atoms with Gasteiger partial charge >= 0.3 is 0 Å². The summed E-state index contributed by atoms with van der Waals surface area (Å²) < 4.78 is 0. The molecule has 1 aliphatic rings. The van der Waals surface area contributed by atoms with Crippen LogP contribution in [0.1, 0.15) is 34.8 Å². The Balaban J connectivity index is 1.75. The maximum atomic E-state index is 9.68. The van der Waals surface area contributed by atoms with E-state index in [0.29, 0.717) is 5.92 Å². The fourth-order valence-corrected chi connectivity index (χ4v) is 3.14. The number of aliphatic hydroxyl groups is 1. The molecule has 2 rings (SSSR count). The summed E-state index contributed by atoms with van der Waals surface area (Å²) in [5.41, 5.74) is 1.14. The second kappa shape index (κ2) is 5.25. The van der Waals surface area contributed by atoms with E-state index in [4.69, 9.17) is 0 Å². The summed E-state index contributed by atoms with van der Waals surface area (Å²) in [6.07, 6.45) is 3.21. The Labute approximate surface area is 101 Å². The van der Waals surface area contributed by atoms with Gasteiger partial charge in [0.05, 0.1) is 11.8 Å². The first-order valence-corrected chi connectivity index (χ1v) is 6.80.